The second kappa shape index (κ2) is 9.70. The topological polar surface area (TPSA) is 102 Å². The predicted molar refractivity (Wildman–Crippen MR) is 135 cm³/mol. The van der Waals surface area contributed by atoms with Crippen LogP contribution in [0.15, 0.2) is 35.5 Å². The number of nitrogens with zero attached hydrogens (tertiary/aromatic N) is 3. The molecule has 0 spiro atoms. The molecule has 0 saturated carbocycles. The molecule has 8 nitrogen and oxygen atoms in total. The van der Waals surface area contributed by atoms with Gasteiger partial charge in [-0.15, -0.1) is 0 Å². The number of pyridine rings is 1. The highest BCUT2D eigenvalue weighted by Gasteiger charge is 2.35. The molecule has 1 fully saturated rings. The lowest BCUT2D eigenvalue weighted by Gasteiger charge is -2.38. The third-order valence-electron chi connectivity index (χ3n) is 6.57. The molecule has 1 saturated heterocycles. The third kappa shape index (κ3) is 5.27. The minimum Gasteiger partial charge on any atom is -0.380 e. The van der Waals surface area contributed by atoms with Crippen LogP contribution in [0.5, 0.6) is 0 Å². The van der Waals surface area contributed by atoms with Gasteiger partial charge in [-0.05, 0) is 43.5 Å². The molecule has 0 radical (unpaired) electrons. The minimum absolute atomic E-state index is 0.142. The monoisotopic (exact) mass is 532 g/mol. The molecule has 2 aliphatic rings. The van der Waals surface area contributed by atoms with E-state index >= 15 is 0 Å². The normalized spacial score (nSPS) is 19.5. The van der Waals surface area contributed by atoms with Crippen molar-refractivity contribution < 1.29 is 22.8 Å². The van der Waals surface area contributed by atoms with Gasteiger partial charge in [-0.1, -0.05) is 11.6 Å². The van der Waals surface area contributed by atoms with Gasteiger partial charge in [-0.3, -0.25) is 14.6 Å². The Kier molecular flexibility index (Phi) is 6.57. The highest BCUT2D eigenvalue weighted by molar-refractivity contribution is 6.31. The number of aromatic nitrogens is 2. The molecule has 3 aromatic rings. The van der Waals surface area contributed by atoms with Gasteiger partial charge in [0.05, 0.1) is 16.8 Å². The van der Waals surface area contributed by atoms with Crippen LogP contribution in [0.2, 0.25) is 5.02 Å². The summed E-state index contributed by atoms with van der Waals surface area (Å²) >= 11 is 6.12. The molecular formula is C25H24ClF3N6O2. The minimum atomic E-state index is -4.64. The molecule has 194 valence electrons. The van der Waals surface area contributed by atoms with Crippen molar-refractivity contribution in [2.24, 2.45) is 4.99 Å². The molecule has 2 atom stereocenters. The quantitative estimate of drug-likeness (QED) is 0.452. The molecule has 37 heavy (non-hydrogen) atoms. The lowest BCUT2D eigenvalue weighted by molar-refractivity contribution is -0.140. The molecule has 1 aromatic carbocycles. The van der Waals surface area contributed by atoms with Gasteiger partial charge in [0, 0.05) is 66.3 Å². The van der Waals surface area contributed by atoms with Crippen LogP contribution < -0.4 is 10.6 Å². The third-order valence-corrected chi connectivity index (χ3v) is 6.81. The number of piperidine rings is 1. The summed E-state index contributed by atoms with van der Waals surface area (Å²) in [4.78, 5) is 38.1. The number of hydrogen-bond acceptors (Lipinski definition) is 5. The van der Waals surface area contributed by atoms with Crippen molar-refractivity contribution in [1.29, 1.82) is 0 Å². The highest BCUT2D eigenvalue weighted by Crippen LogP contribution is 2.35. The van der Waals surface area contributed by atoms with Crippen LogP contribution in [0, 0.1) is 0 Å². The largest absolute Gasteiger partial charge is 0.433 e. The summed E-state index contributed by atoms with van der Waals surface area (Å²) in [5.74, 6) is -0.529. The Hall–Kier alpha value is -3.60. The van der Waals surface area contributed by atoms with Crippen LogP contribution in [-0.2, 0) is 17.4 Å². The summed E-state index contributed by atoms with van der Waals surface area (Å²) in [6.45, 7) is 1.96. The Morgan fingerprint density at radius 1 is 1.19 bits per heavy atom. The highest BCUT2D eigenvalue weighted by atomic mass is 35.5. The number of aromatic amines is 1. The molecule has 2 aromatic heterocycles. The van der Waals surface area contributed by atoms with Gasteiger partial charge in [0.15, 0.2) is 0 Å². The fourth-order valence-electron chi connectivity index (χ4n) is 4.85. The Balaban J connectivity index is 1.41. The molecule has 12 heteroatoms. The van der Waals surface area contributed by atoms with Crippen molar-refractivity contribution in [3.8, 4) is 0 Å². The van der Waals surface area contributed by atoms with Crippen LogP contribution in [0.1, 0.15) is 41.5 Å². The number of fused-ring (bicyclic) bond motifs is 2. The Labute approximate surface area is 215 Å². The van der Waals surface area contributed by atoms with Crippen LogP contribution in [0.3, 0.4) is 0 Å². The summed E-state index contributed by atoms with van der Waals surface area (Å²) in [5, 5.41) is 6.92. The number of anilines is 1. The van der Waals surface area contributed by atoms with E-state index in [2.05, 4.69) is 25.6 Å². The second-order valence-electron chi connectivity index (χ2n) is 9.27. The number of halogens is 4. The van der Waals surface area contributed by atoms with Crippen LogP contribution in [-0.4, -0.2) is 58.1 Å². The van der Waals surface area contributed by atoms with Crippen molar-refractivity contribution in [3.05, 3.63) is 52.4 Å². The number of likely N-dealkylation sites (tertiary alicyclic amines) is 1. The molecule has 0 bridgehead atoms. The average Bonchev–Trinajstić information content (AvgIpc) is 3.28. The number of nitrogens with one attached hydrogen (secondary N) is 3. The number of alkyl halides is 3. The smallest absolute Gasteiger partial charge is 0.380 e. The van der Waals surface area contributed by atoms with Crippen LogP contribution in [0.25, 0.3) is 10.9 Å². The predicted octanol–water partition coefficient (Wildman–Crippen LogP) is 4.71. The summed E-state index contributed by atoms with van der Waals surface area (Å²) in [5.41, 5.74) is 1.23. The second-order valence-corrected chi connectivity index (χ2v) is 9.70. The van der Waals surface area contributed by atoms with Crippen molar-refractivity contribution >= 4 is 51.9 Å². The summed E-state index contributed by atoms with van der Waals surface area (Å²) in [6.07, 6.45) is 0.696. The number of aliphatic imine (C=N–C) groups is 1. The van der Waals surface area contributed by atoms with Crippen molar-refractivity contribution in [2.75, 3.05) is 18.4 Å². The molecule has 2 amide bonds. The first-order valence-electron chi connectivity index (χ1n) is 11.8. The number of carbonyl (C=O) groups is 2. The molecule has 4 heterocycles. The Morgan fingerprint density at radius 3 is 2.73 bits per heavy atom. The van der Waals surface area contributed by atoms with Gasteiger partial charge < -0.3 is 20.5 Å². The van der Waals surface area contributed by atoms with E-state index < -0.39 is 24.0 Å². The van der Waals surface area contributed by atoms with E-state index in [4.69, 9.17) is 11.6 Å². The van der Waals surface area contributed by atoms with E-state index in [1.165, 1.54) is 19.1 Å². The first kappa shape index (κ1) is 25.1. The zero-order chi connectivity index (χ0) is 26.3. The number of carbonyl (C=O) groups excluding carboxylic acids is 2. The van der Waals surface area contributed by atoms with Crippen molar-refractivity contribution in [2.45, 2.75) is 44.4 Å². The SMILES string of the molecule is CC(=O)N1C[C@@H](NC(=O)c2c[nH]c3c2N=CCC3)C[C@@H](Nc2cc(C(F)(F)F)nc3ccc(Cl)cc23)C1. The zero-order valence-electron chi connectivity index (χ0n) is 19.8. The van der Waals surface area contributed by atoms with Gasteiger partial charge in [-0.25, -0.2) is 4.98 Å². The Morgan fingerprint density at radius 2 is 1.97 bits per heavy atom. The standard InChI is InChI=1S/C25H24ClF3N6O2/c1-13(36)35-11-15(8-16(12-35)33-24(37)18-10-31-20-3-2-6-30-23(18)20)32-21-9-22(25(27,28)29)34-19-5-4-14(26)7-17(19)21/h4-7,9-10,15-16,31H,2-3,8,11-12H2,1H3,(H,32,34)(H,33,37)/t15-,16+/m1/s1. The average molecular weight is 533 g/mol. The number of amides is 2. The lowest BCUT2D eigenvalue weighted by Crippen LogP contribution is -2.55. The van der Waals surface area contributed by atoms with E-state index in [9.17, 15) is 22.8 Å². The molecular weight excluding hydrogens is 509 g/mol. The number of aryl methyl sites for hydroxylation is 1. The van der Waals surface area contributed by atoms with E-state index in [0.29, 0.717) is 28.1 Å². The molecule has 2 aliphatic heterocycles. The van der Waals surface area contributed by atoms with Gasteiger partial charge >= 0.3 is 6.18 Å². The van der Waals surface area contributed by atoms with E-state index in [0.717, 1.165) is 24.6 Å². The molecule has 3 N–H and O–H groups in total. The lowest BCUT2D eigenvalue weighted by atomic mass is 9.99. The van der Waals surface area contributed by atoms with Gasteiger partial charge in [0.25, 0.3) is 5.91 Å². The summed E-state index contributed by atoms with van der Waals surface area (Å²) in [7, 11) is 0. The van der Waals surface area contributed by atoms with Crippen molar-refractivity contribution in [3.63, 3.8) is 0 Å². The van der Waals surface area contributed by atoms with Gasteiger partial charge in [0.2, 0.25) is 5.91 Å². The first-order chi connectivity index (χ1) is 17.6. The van der Waals surface area contributed by atoms with Gasteiger partial charge in [0.1, 0.15) is 5.69 Å². The van der Waals surface area contributed by atoms with Gasteiger partial charge in [-0.2, -0.15) is 13.2 Å². The van der Waals surface area contributed by atoms with E-state index in [1.807, 2.05) is 0 Å². The summed E-state index contributed by atoms with van der Waals surface area (Å²) in [6, 6.07) is 4.54. The van der Waals surface area contributed by atoms with E-state index in [-0.39, 0.29) is 36.1 Å². The molecule has 0 unspecified atom stereocenters. The number of rotatable bonds is 4. The molecule has 5 rings (SSSR count). The Bertz CT molecular complexity index is 1400. The van der Waals surface area contributed by atoms with Crippen LogP contribution in [0.4, 0.5) is 24.5 Å². The molecule has 0 aliphatic carbocycles. The zero-order valence-corrected chi connectivity index (χ0v) is 20.6. The maximum absolute atomic E-state index is 13.6. The van der Waals surface area contributed by atoms with Crippen molar-refractivity contribution in [1.82, 2.24) is 20.2 Å². The summed E-state index contributed by atoms with van der Waals surface area (Å²) < 4.78 is 40.7. The first-order valence-corrected chi connectivity index (χ1v) is 12.2. The maximum atomic E-state index is 13.6. The fourth-order valence-corrected chi connectivity index (χ4v) is 5.02. The maximum Gasteiger partial charge on any atom is 0.433 e. The van der Waals surface area contributed by atoms with Crippen LogP contribution >= 0.6 is 11.6 Å². The number of hydrogen-bond donors (Lipinski definition) is 3. The number of benzene rings is 1. The number of H-pyrrole nitrogens is 1. The van der Waals surface area contributed by atoms with E-state index in [1.54, 1.807) is 23.4 Å². The fraction of sp³-hybridized carbons (Fsp3) is 0.360.